The van der Waals surface area contributed by atoms with Crippen molar-refractivity contribution in [3.8, 4) is 0 Å². The van der Waals surface area contributed by atoms with E-state index in [1.165, 1.54) is 16.8 Å². The average Bonchev–Trinajstić information content (AvgIpc) is 2.95. The highest BCUT2D eigenvalue weighted by Crippen LogP contribution is 2.22. The summed E-state index contributed by atoms with van der Waals surface area (Å²) in [5, 5.41) is 7.89. The van der Waals surface area contributed by atoms with Crippen LogP contribution in [0.25, 0.3) is 0 Å². The number of benzene rings is 1. The van der Waals surface area contributed by atoms with Crippen molar-refractivity contribution >= 4 is 5.69 Å². The lowest BCUT2D eigenvalue weighted by molar-refractivity contribution is 0.202. The molecule has 1 unspecified atom stereocenters. The maximum atomic E-state index is 5.17. The number of para-hydroxylation sites is 1. The average molecular weight is 273 g/mol. The lowest BCUT2D eigenvalue weighted by Crippen LogP contribution is -2.08. The van der Waals surface area contributed by atoms with E-state index in [4.69, 9.17) is 4.74 Å². The van der Waals surface area contributed by atoms with Crippen LogP contribution in [0.3, 0.4) is 0 Å². The molecule has 1 aromatic heterocycles. The molecule has 2 aromatic rings. The minimum absolute atomic E-state index is 0.235. The van der Waals surface area contributed by atoms with E-state index >= 15 is 0 Å². The van der Waals surface area contributed by atoms with Crippen LogP contribution < -0.4 is 5.32 Å². The molecular formula is C16H23N3O. The number of hydrogen-bond donors (Lipinski definition) is 1. The number of nitrogens with one attached hydrogen (secondary N) is 1. The molecule has 1 aromatic carbocycles. The van der Waals surface area contributed by atoms with Gasteiger partial charge in [-0.15, -0.1) is 0 Å². The van der Waals surface area contributed by atoms with Gasteiger partial charge < -0.3 is 10.1 Å². The normalized spacial score (nSPS) is 12.3. The number of aromatic nitrogens is 2. The third-order valence-corrected chi connectivity index (χ3v) is 3.44. The highest BCUT2D eigenvalue weighted by Gasteiger charge is 2.10. The summed E-state index contributed by atoms with van der Waals surface area (Å²) in [4.78, 5) is 0. The van der Waals surface area contributed by atoms with Gasteiger partial charge >= 0.3 is 0 Å². The van der Waals surface area contributed by atoms with Crippen LogP contribution in [0.15, 0.2) is 36.7 Å². The molecule has 2 rings (SSSR count). The number of rotatable bonds is 7. The lowest BCUT2D eigenvalue weighted by Gasteiger charge is -2.17. The highest BCUT2D eigenvalue weighted by molar-refractivity contribution is 5.52. The zero-order chi connectivity index (χ0) is 14.4. The fourth-order valence-corrected chi connectivity index (χ4v) is 2.18. The molecule has 0 spiro atoms. The van der Waals surface area contributed by atoms with E-state index in [0.29, 0.717) is 0 Å². The van der Waals surface area contributed by atoms with Crippen LogP contribution in [-0.4, -0.2) is 23.5 Å². The van der Waals surface area contributed by atoms with Crippen molar-refractivity contribution in [3.05, 3.63) is 47.8 Å². The molecule has 0 aliphatic carbocycles. The van der Waals surface area contributed by atoms with Gasteiger partial charge in [0, 0.05) is 31.1 Å². The van der Waals surface area contributed by atoms with Gasteiger partial charge in [-0.1, -0.05) is 18.2 Å². The van der Waals surface area contributed by atoms with E-state index < -0.39 is 0 Å². The summed E-state index contributed by atoms with van der Waals surface area (Å²) in [5.41, 5.74) is 3.65. The molecule has 108 valence electrons. The van der Waals surface area contributed by atoms with Crippen molar-refractivity contribution in [1.82, 2.24) is 9.78 Å². The van der Waals surface area contributed by atoms with Gasteiger partial charge in [-0.2, -0.15) is 5.10 Å². The van der Waals surface area contributed by atoms with Crippen LogP contribution in [0.4, 0.5) is 5.69 Å². The minimum atomic E-state index is 0.235. The van der Waals surface area contributed by atoms with Crippen LogP contribution in [0.1, 0.15) is 31.0 Å². The molecule has 4 nitrogen and oxygen atoms in total. The largest absolute Gasteiger partial charge is 0.384 e. The van der Waals surface area contributed by atoms with Crippen LogP contribution in [-0.2, 0) is 17.7 Å². The Morgan fingerprint density at radius 2 is 2.15 bits per heavy atom. The van der Waals surface area contributed by atoms with E-state index in [9.17, 15) is 0 Å². The van der Waals surface area contributed by atoms with Gasteiger partial charge in [0.1, 0.15) is 0 Å². The number of anilines is 1. The van der Waals surface area contributed by atoms with Crippen LogP contribution >= 0.6 is 0 Å². The second kappa shape index (κ2) is 7.10. The van der Waals surface area contributed by atoms with Gasteiger partial charge in [0.25, 0.3) is 0 Å². The van der Waals surface area contributed by atoms with Crippen molar-refractivity contribution in [2.45, 2.75) is 32.9 Å². The molecule has 0 aliphatic heterocycles. The smallest absolute Gasteiger partial charge is 0.0542 e. The first-order valence-electron chi connectivity index (χ1n) is 7.10. The molecule has 20 heavy (non-hydrogen) atoms. The van der Waals surface area contributed by atoms with Crippen LogP contribution in [0.5, 0.6) is 0 Å². The molecule has 1 atom stereocenters. The fraction of sp³-hybridized carbons (Fsp3) is 0.438. The van der Waals surface area contributed by atoms with E-state index in [-0.39, 0.29) is 6.04 Å². The summed E-state index contributed by atoms with van der Waals surface area (Å²) in [6, 6.07) is 8.62. The first-order chi connectivity index (χ1) is 9.74. The van der Waals surface area contributed by atoms with E-state index in [1.807, 2.05) is 10.9 Å². The van der Waals surface area contributed by atoms with Crippen molar-refractivity contribution < 1.29 is 4.74 Å². The van der Waals surface area contributed by atoms with Crippen LogP contribution in [0, 0.1) is 0 Å². The standard InChI is InChI=1S/C16H23N3O/c1-4-19-12-15(11-17-19)13(2)18-16-8-6-5-7-14(16)9-10-20-3/h5-8,11-13,18H,4,9-10H2,1-3H3. The van der Waals surface area contributed by atoms with E-state index in [0.717, 1.165) is 19.6 Å². The van der Waals surface area contributed by atoms with Gasteiger partial charge in [0.05, 0.1) is 18.8 Å². The Balaban J connectivity index is 2.08. The first-order valence-corrected chi connectivity index (χ1v) is 7.10. The third-order valence-electron chi connectivity index (χ3n) is 3.44. The van der Waals surface area contributed by atoms with Crippen molar-refractivity contribution in [1.29, 1.82) is 0 Å². The minimum Gasteiger partial charge on any atom is -0.384 e. The molecule has 0 saturated carbocycles. The second-order valence-corrected chi connectivity index (χ2v) is 4.90. The highest BCUT2D eigenvalue weighted by atomic mass is 16.5. The zero-order valence-corrected chi connectivity index (χ0v) is 12.5. The zero-order valence-electron chi connectivity index (χ0n) is 12.5. The molecule has 0 aliphatic rings. The predicted octanol–water partition coefficient (Wildman–Crippen LogP) is 3.27. The molecule has 0 amide bonds. The number of ether oxygens (including phenoxy) is 1. The second-order valence-electron chi connectivity index (χ2n) is 4.90. The maximum absolute atomic E-state index is 5.17. The summed E-state index contributed by atoms with van der Waals surface area (Å²) < 4.78 is 7.12. The van der Waals surface area contributed by atoms with Crippen LogP contribution in [0.2, 0.25) is 0 Å². The molecule has 0 fully saturated rings. The van der Waals surface area contributed by atoms with E-state index in [2.05, 4.69) is 54.7 Å². The SMILES string of the molecule is CCn1cc(C(C)Nc2ccccc2CCOC)cn1. The quantitative estimate of drug-likeness (QED) is 0.841. The predicted molar refractivity (Wildman–Crippen MR) is 82.0 cm³/mol. The molecular weight excluding hydrogens is 250 g/mol. The summed E-state index contributed by atoms with van der Waals surface area (Å²) in [5.74, 6) is 0. The number of nitrogens with zero attached hydrogens (tertiary/aromatic N) is 2. The Labute approximate surface area is 120 Å². The summed E-state index contributed by atoms with van der Waals surface area (Å²) in [6.45, 7) is 5.89. The van der Waals surface area contributed by atoms with Gasteiger partial charge in [-0.25, -0.2) is 0 Å². The molecule has 1 heterocycles. The Kier molecular flexibility index (Phi) is 5.18. The monoisotopic (exact) mass is 273 g/mol. The lowest BCUT2D eigenvalue weighted by atomic mass is 10.1. The van der Waals surface area contributed by atoms with Gasteiger partial charge in [0.2, 0.25) is 0 Å². The van der Waals surface area contributed by atoms with E-state index in [1.54, 1.807) is 7.11 Å². The molecule has 0 saturated heterocycles. The first kappa shape index (κ1) is 14.6. The summed E-state index contributed by atoms with van der Waals surface area (Å²) >= 11 is 0. The Morgan fingerprint density at radius 1 is 1.35 bits per heavy atom. The van der Waals surface area contributed by atoms with Crippen molar-refractivity contribution in [3.63, 3.8) is 0 Å². The van der Waals surface area contributed by atoms with Gasteiger partial charge in [0.15, 0.2) is 0 Å². The number of aryl methyl sites for hydroxylation is 1. The summed E-state index contributed by atoms with van der Waals surface area (Å²) in [7, 11) is 1.73. The molecule has 4 heteroatoms. The summed E-state index contributed by atoms with van der Waals surface area (Å²) in [6.07, 6.45) is 4.94. The Morgan fingerprint density at radius 3 is 2.85 bits per heavy atom. The van der Waals surface area contributed by atoms with Gasteiger partial charge in [-0.3, -0.25) is 4.68 Å². The fourth-order valence-electron chi connectivity index (χ4n) is 2.18. The Hall–Kier alpha value is -1.81. The topological polar surface area (TPSA) is 39.1 Å². The maximum Gasteiger partial charge on any atom is 0.0542 e. The Bertz CT molecular complexity index is 536. The van der Waals surface area contributed by atoms with Crippen molar-refractivity contribution in [2.24, 2.45) is 0 Å². The third kappa shape index (κ3) is 3.61. The van der Waals surface area contributed by atoms with Gasteiger partial charge in [-0.05, 0) is 31.9 Å². The molecule has 0 bridgehead atoms. The number of hydrogen-bond acceptors (Lipinski definition) is 3. The number of methoxy groups -OCH3 is 1. The molecule has 1 N–H and O–H groups in total. The van der Waals surface area contributed by atoms with Crippen molar-refractivity contribution in [2.75, 3.05) is 19.0 Å². The molecule has 0 radical (unpaired) electrons.